The van der Waals surface area contributed by atoms with Crippen LogP contribution in [0.4, 0.5) is 17.1 Å². The zero-order valence-corrected chi connectivity index (χ0v) is 12.3. The van der Waals surface area contributed by atoms with Gasteiger partial charge in [0.05, 0.1) is 17.1 Å². The minimum Gasteiger partial charge on any atom is -0.378 e. The SMILES string of the molecule is CC(=O)Nc1cc(N(C)C)ccc1N=C1C=CC(=O)C=C1. The number of hydrogen-bond acceptors (Lipinski definition) is 4. The summed E-state index contributed by atoms with van der Waals surface area (Å²) in [5.74, 6) is -0.212. The normalized spacial score (nSPS) is 13.3. The van der Waals surface area contributed by atoms with E-state index in [9.17, 15) is 9.59 Å². The fourth-order valence-corrected chi connectivity index (χ4v) is 1.85. The van der Waals surface area contributed by atoms with Crippen molar-refractivity contribution in [3.8, 4) is 0 Å². The summed E-state index contributed by atoms with van der Waals surface area (Å²) in [4.78, 5) is 28.8. The summed E-state index contributed by atoms with van der Waals surface area (Å²) in [5.41, 5.74) is 2.92. The number of hydrogen-bond donors (Lipinski definition) is 1. The number of benzene rings is 1. The highest BCUT2D eigenvalue weighted by molar-refractivity contribution is 6.17. The Kier molecular flexibility index (Phi) is 4.33. The molecule has 1 aromatic carbocycles. The van der Waals surface area contributed by atoms with Gasteiger partial charge in [0.2, 0.25) is 5.91 Å². The number of carbonyl (C=O) groups is 2. The highest BCUT2D eigenvalue weighted by Gasteiger charge is 2.08. The number of ketones is 1. The van der Waals surface area contributed by atoms with Crippen molar-refractivity contribution in [3.05, 3.63) is 42.5 Å². The minimum atomic E-state index is -0.155. The first-order valence-corrected chi connectivity index (χ1v) is 6.53. The fraction of sp³-hybridized carbons (Fsp3) is 0.188. The van der Waals surface area contributed by atoms with E-state index in [0.717, 1.165) is 5.69 Å². The van der Waals surface area contributed by atoms with E-state index >= 15 is 0 Å². The molecule has 0 bridgehead atoms. The molecule has 5 heteroatoms. The molecule has 0 aromatic heterocycles. The number of rotatable bonds is 3. The molecule has 0 unspecified atom stereocenters. The molecule has 21 heavy (non-hydrogen) atoms. The van der Waals surface area contributed by atoms with Crippen LogP contribution in [0, 0.1) is 0 Å². The van der Waals surface area contributed by atoms with Crippen molar-refractivity contribution in [3.63, 3.8) is 0 Å². The number of nitrogens with zero attached hydrogens (tertiary/aromatic N) is 2. The molecule has 1 aromatic rings. The van der Waals surface area contributed by atoms with Crippen LogP contribution in [0.25, 0.3) is 0 Å². The lowest BCUT2D eigenvalue weighted by atomic mass is 10.1. The second-order valence-electron chi connectivity index (χ2n) is 4.88. The Morgan fingerprint density at radius 3 is 2.38 bits per heavy atom. The highest BCUT2D eigenvalue weighted by Crippen LogP contribution is 2.30. The van der Waals surface area contributed by atoms with Crippen molar-refractivity contribution in [1.29, 1.82) is 0 Å². The van der Waals surface area contributed by atoms with E-state index in [2.05, 4.69) is 10.3 Å². The molecule has 0 heterocycles. The number of anilines is 2. The summed E-state index contributed by atoms with van der Waals surface area (Å²) in [6, 6.07) is 5.63. The van der Waals surface area contributed by atoms with E-state index in [4.69, 9.17) is 0 Å². The fourth-order valence-electron chi connectivity index (χ4n) is 1.85. The van der Waals surface area contributed by atoms with Crippen LogP contribution < -0.4 is 10.2 Å². The van der Waals surface area contributed by atoms with Crippen LogP contribution in [0.2, 0.25) is 0 Å². The topological polar surface area (TPSA) is 61.8 Å². The number of nitrogens with one attached hydrogen (secondary N) is 1. The van der Waals surface area contributed by atoms with Crippen LogP contribution >= 0.6 is 0 Å². The zero-order chi connectivity index (χ0) is 15.4. The maximum Gasteiger partial charge on any atom is 0.221 e. The van der Waals surface area contributed by atoms with Crippen molar-refractivity contribution in [2.24, 2.45) is 4.99 Å². The highest BCUT2D eigenvalue weighted by atomic mass is 16.1. The first kappa shape index (κ1) is 14.7. The van der Waals surface area contributed by atoms with E-state index in [1.54, 1.807) is 12.2 Å². The minimum absolute atomic E-state index is 0.0565. The molecule has 0 atom stereocenters. The molecular weight excluding hydrogens is 266 g/mol. The predicted molar refractivity (Wildman–Crippen MR) is 85.5 cm³/mol. The summed E-state index contributed by atoms with van der Waals surface area (Å²) in [7, 11) is 3.85. The maximum absolute atomic E-state index is 11.3. The smallest absolute Gasteiger partial charge is 0.221 e. The van der Waals surface area contributed by atoms with Crippen molar-refractivity contribution < 1.29 is 9.59 Å². The summed E-state index contributed by atoms with van der Waals surface area (Å²) in [6.45, 7) is 1.46. The van der Waals surface area contributed by atoms with E-state index in [-0.39, 0.29) is 11.7 Å². The van der Waals surface area contributed by atoms with Crippen molar-refractivity contribution >= 4 is 34.5 Å². The average Bonchev–Trinajstić information content (AvgIpc) is 2.42. The van der Waals surface area contributed by atoms with Crippen LogP contribution in [0.15, 0.2) is 47.5 Å². The molecular formula is C16H17N3O2. The Morgan fingerprint density at radius 2 is 1.81 bits per heavy atom. The molecule has 0 fully saturated rings. The second kappa shape index (κ2) is 6.17. The van der Waals surface area contributed by atoms with Gasteiger partial charge in [-0.1, -0.05) is 0 Å². The third-order valence-corrected chi connectivity index (χ3v) is 2.89. The first-order chi connectivity index (χ1) is 9.95. The monoisotopic (exact) mass is 283 g/mol. The van der Waals surface area contributed by atoms with Gasteiger partial charge in [-0.3, -0.25) is 9.59 Å². The Hall–Kier alpha value is -2.69. The number of allylic oxidation sites excluding steroid dienone is 4. The summed E-state index contributed by atoms with van der Waals surface area (Å²) in [6.07, 6.45) is 6.23. The summed E-state index contributed by atoms with van der Waals surface area (Å²) in [5, 5.41) is 2.78. The van der Waals surface area contributed by atoms with Gasteiger partial charge in [-0.15, -0.1) is 0 Å². The van der Waals surface area contributed by atoms with Crippen molar-refractivity contribution in [1.82, 2.24) is 0 Å². The molecule has 2 rings (SSSR count). The Labute approximate surface area is 123 Å². The molecule has 1 amide bonds. The molecule has 0 spiro atoms. The van der Waals surface area contributed by atoms with Gasteiger partial charge >= 0.3 is 0 Å². The lowest BCUT2D eigenvalue weighted by molar-refractivity contribution is -0.114. The van der Waals surface area contributed by atoms with Gasteiger partial charge in [0, 0.05) is 26.7 Å². The molecule has 1 aliphatic carbocycles. The zero-order valence-electron chi connectivity index (χ0n) is 12.3. The summed E-state index contributed by atoms with van der Waals surface area (Å²) >= 11 is 0. The lowest BCUT2D eigenvalue weighted by Crippen LogP contribution is -2.11. The Balaban J connectivity index is 2.40. The van der Waals surface area contributed by atoms with Gasteiger partial charge in [-0.25, -0.2) is 4.99 Å². The van der Waals surface area contributed by atoms with Crippen LogP contribution in [-0.2, 0) is 9.59 Å². The molecule has 108 valence electrons. The third kappa shape index (κ3) is 3.89. The number of amides is 1. The third-order valence-electron chi connectivity index (χ3n) is 2.89. The van der Waals surface area contributed by atoms with E-state index in [0.29, 0.717) is 17.1 Å². The van der Waals surface area contributed by atoms with Crippen LogP contribution in [0.5, 0.6) is 0 Å². The lowest BCUT2D eigenvalue weighted by Gasteiger charge is -2.15. The van der Waals surface area contributed by atoms with Gasteiger partial charge in [-0.2, -0.15) is 0 Å². The number of aliphatic imine (C=N–C) groups is 1. The van der Waals surface area contributed by atoms with Gasteiger partial charge in [0.25, 0.3) is 0 Å². The van der Waals surface area contributed by atoms with Gasteiger partial charge in [0.1, 0.15) is 0 Å². The summed E-state index contributed by atoms with van der Waals surface area (Å²) < 4.78 is 0. The molecule has 0 saturated carbocycles. The molecule has 1 N–H and O–H groups in total. The van der Waals surface area contributed by atoms with Gasteiger partial charge in [0.15, 0.2) is 5.78 Å². The number of carbonyl (C=O) groups excluding carboxylic acids is 2. The molecule has 0 radical (unpaired) electrons. The Morgan fingerprint density at radius 1 is 1.14 bits per heavy atom. The first-order valence-electron chi connectivity index (χ1n) is 6.53. The van der Waals surface area contributed by atoms with Gasteiger partial charge < -0.3 is 10.2 Å². The quantitative estimate of drug-likeness (QED) is 0.867. The Bertz CT molecular complexity index is 652. The average molecular weight is 283 g/mol. The molecule has 0 aliphatic heterocycles. The van der Waals surface area contributed by atoms with Crippen LogP contribution in [0.3, 0.4) is 0 Å². The van der Waals surface area contributed by atoms with Gasteiger partial charge in [-0.05, 0) is 42.5 Å². The van der Waals surface area contributed by atoms with E-state index < -0.39 is 0 Å². The van der Waals surface area contributed by atoms with Crippen molar-refractivity contribution in [2.75, 3.05) is 24.3 Å². The van der Waals surface area contributed by atoms with E-state index in [1.807, 2.05) is 37.2 Å². The van der Waals surface area contributed by atoms with Crippen LogP contribution in [-0.4, -0.2) is 31.5 Å². The largest absolute Gasteiger partial charge is 0.378 e. The van der Waals surface area contributed by atoms with Crippen molar-refractivity contribution in [2.45, 2.75) is 6.92 Å². The second-order valence-corrected chi connectivity index (χ2v) is 4.88. The van der Waals surface area contributed by atoms with Crippen LogP contribution in [0.1, 0.15) is 6.92 Å². The standard InChI is InChI=1S/C16H17N3O2/c1-11(20)17-16-10-13(19(2)3)6-9-15(16)18-12-4-7-14(21)8-5-12/h4-10H,1-3H3,(H,17,20). The van der Waals surface area contributed by atoms with E-state index in [1.165, 1.54) is 19.1 Å². The maximum atomic E-state index is 11.3. The predicted octanol–water partition coefficient (Wildman–Crippen LogP) is 2.48. The molecule has 5 nitrogen and oxygen atoms in total. The molecule has 0 saturated heterocycles. The molecule has 1 aliphatic rings.